The summed E-state index contributed by atoms with van der Waals surface area (Å²) in [6.07, 6.45) is 5.62. The molecule has 2 rings (SSSR count). The molecule has 0 aliphatic heterocycles. The van der Waals surface area contributed by atoms with Crippen LogP contribution < -0.4 is 5.32 Å². The maximum absolute atomic E-state index is 3.55. The van der Waals surface area contributed by atoms with E-state index in [0.717, 1.165) is 10.4 Å². The number of hydrogen-bond donors (Lipinski definition) is 1. The summed E-state index contributed by atoms with van der Waals surface area (Å²) in [7, 11) is 0. The molecule has 1 unspecified atom stereocenters. The molecule has 1 aromatic rings. The molecule has 2 heteroatoms. The van der Waals surface area contributed by atoms with Crippen LogP contribution in [0.5, 0.6) is 0 Å². The first-order valence-electron chi connectivity index (χ1n) is 5.76. The Kier molecular flexibility index (Phi) is 3.68. The fraction of sp³-hybridized carbons (Fsp3) is 0.538. The summed E-state index contributed by atoms with van der Waals surface area (Å²) in [5.41, 5.74) is 1.22. The SMILES string of the molecule is CC(CC1CCC1)Nc1cccc(Br)c1. The zero-order valence-corrected chi connectivity index (χ0v) is 10.8. The van der Waals surface area contributed by atoms with Gasteiger partial charge in [0.15, 0.2) is 0 Å². The molecule has 0 heterocycles. The van der Waals surface area contributed by atoms with Gasteiger partial charge in [0.25, 0.3) is 0 Å². The number of hydrogen-bond acceptors (Lipinski definition) is 1. The second-order valence-corrected chi connectivity index (χ2v) is 5.50. The van der Waals surface area contributed by atoms with Gasteiger partial charge in [0.05, 0.1) is 0 Å². The standard InChI is InChI=1S/C13H18BrN/c1-10(8-11-4-2-5-11)15-13-7-3-6-12(14)9-13/h3,6-7,9-11,15H,2,4-5,8H2,1H3. The van der Waals surface area contributed by atoms with Gasteiger partial charge in [-0.15, -0.1) is 0 Å². The summed E-state index contributed by atoms with van der Waals surface area (Å²) in [6.45, 7) is 2.28. The third-order valence-corrected chi connectivity index (χ3v) is 3.64. The molecule has 0 bridgehead atoms. The maximum Gasteiger partial charge on any atom is 0.0353 e. The molecule has 0 aromatic heterocycles. The predicted octanol–water partition coefficient (Wildman–Crippen LogP) is 4.44. The lowest BCUT2D eigenvalue weighted by molar-refractivity contribution is 0.286. The molecule has 1 aliphatic carbocycles. The summed E-state index contributed by atoms with van der Waals surface area (Å²) in [4.78, 5) is 0. The molecule has 1 atom stereocenters. The van der Waals surface area contributed by atoms with Gasteiger partial charge in [-0.05, 0) is 37.5 Å². The van der Waals surface area contributed by atoms with Gasteiger partial charge in [-0.2, -0.15) is 0 Å². The quantitative estimate of drug-likeness (QED) is 0.851. The van der Waals surface area contributed by atoms with Crippen LogP contribution in [-0.2, 0) is 0 Å². The fourth-order valence-electron chi connectivity index (χ4n) is 2.15. The van der Waals surface area contributed by atoms with Crippen LogP contribution in [0.15, 0.2) is 28.7 Å². The highest BCUT2D eigenvalue weighted by Crippen LogP contribution is 2.31. The molecule has 1 saturated carbocycles. The first kappa shape index (κ1) is 11.0. The van der Waals surface area contributed by atoms with Crippen LogP contribution in [0.4, 0.5) is 5.69 Å². The fourth-order valence-corrected chi connectivity index (χ4v) is 2.55. The lowest BCUT2D eigenvalue weighted by atomic mass is 9.81. The van der Waals surface area contributed by atoms with E-state index in [1.165, 1.54) is 31.4 Å². The van der Waals surface area contributed by atoms with Gasteiger partial charge < -0.3 is 5.32 Å². The minimum Gasteiger partial charge on any atom is -0.383 e. The molecule has 0 radical (unpaired) electrons. The largest absolute Gasteiger partial charge is 0.383 e. The van der Waals surface area contributed by atoms with Crippen LogP contribution in [0.2, 0.25) is 0 Å². The second-order valence-electron chi connectivity index (χ2n) is 4.59. The zero-order chi connectivity index (χ0) is 10.7. The molecular formula is C13H18BrN. The average molecular weight is 268 g/mol. The molecule has 1 aliphatic rings. The smallest absolute Gasteiger partial charge is 0.0353 e. The molecule has 0 saturated heterocycles. The highest BCUT2D eigenvalue weighted by Gasteiger charge is 2.19. The minimum absolute atomic E-state index is 0.588. The number of rotatable bonds is 4. The van der Waals surface area contributed by atoms with Crippen LogP contribution in [-0.4, -0.2) is 6.04 Å². The van der Waals surface area contributed by atoms with Crippen molar-refractivity contribution in [3.05, 3.63) is 28.7 Å². The van der Waals surface area contributed by atoms with E-state index in [1.54, 1.807) is 0 Å². The molecule has 82 valence electrons. The number of halogens is 1. The Hall–Kier alpha value is -0.500. The topological polar surface area (TPSA) is 12.0 Å². The van der Waals surface area contributed by atoms with Crippen LogP contribution in [0.25, 0.3) is 0 Å². The first-order chi connectivity index (χ1) is 7.24. The van der Waals surface area contributed by atoms with Crippen molar-refractivity contribution in [2.24, 2.45) is 5.92 Å². The highest BCUT2D eigenvalue weighted by atomic mass is 79.9. The van der Waals surface area contributed by atoms with Crippen molar-refractivity contribution in [1.82, 2.24) is 0 Å². The molecule has 1 fully saturated rings. The highest BCUT2D eigenvalue weighted by molar-refractivity contribution is 9.10. The predicted molar refractivity (Wildman–Crippen MR) is 69.2 cm³/mol. The van der Waals surface area contributed by atoms with E-state index in [4.69, 9.17) is 0 Å². The summed E-state index contributed by atoms with van der Waals surface area (Å²) < 4.78 is 1.14. The third kappa shape index (κ3) is 3.23. The average Bonchev–Trinajstić information content (AvgIpc) is 2.11. The van der Waals surface area contributed by atoms with E-state index in [2.05, 4.69) is 52.4 Å². The Bertz CT molecular complexity index is 320. The van der Waals surface area contributed by atoms with Crippen LogP contribution >= 0.6 is 15.9 Å². The van der Waals surface area contributed by atoms with E-state index in [-0.39, 0.29) is 0 Å². The Balaban J connectivity index is 1.84. The van der Waals surface area contributed by atoms with Gasteiger partial charge in [-0.3, -0.25) is 0 Å². The number of anilines is 1. The number of nitrogens with one attached hydrogen (secondary N) is 1. The van der Waals surface area contributed by atoms with E-state index >= 15 is 0 Å². The van der Waals surface area contributed by atoms with Crippen molar-refractivity contribution < 1.29 is 0 Å². The molecule has 1 nitrogen and oxygen atoms in total. The summed E-state index contributed by atoms with van der Waals surface area (Å²) in [5.74, 6) is 0.972. The normalized spacial score (nSPS) is 18.3. The van der Waals surface area contributed by atoms with Crippen molar-refractivity contribution in [2.45, 2.75) is 38.6 Å². The molecule has 15 heavy (non-hydrogen) atoms. The number of benzene rings is 1. The van der Waals surface area contributed by atoms with E-state index in [9.17, 15) is 0 Å². The van der Waals surface area contributed by atoms with Gasteiger partial charge in [0.1, 0.15) is 0 Å². The first-order valence-corrected chi connectivity index (χ1v) is 6.55. The van der Waals surface area contributed by atoms with Gasteiger partial charge in [0, 0.05) is 16.2 Å². The van der Waals surface area contributed by atoms with Gasteiger partial charge in [-0.25, -0.2) is 0 Å². The van der Waals surface area contributed by atoms with E-state index in [0.29, 0.717) is 6.04 Å². The molecular weight excluding hydrogens is 250 g/mol. The zero-order valence-electron chi connectivity index (χ0n) is 9.17. The summed E-state index contributed by atoms with van der Waals surface area (Å²) in [5, 5.41) is 3.55. The van der Waals surface area contributed by atoms with Gasteiger partial charge in [-0.1, -0.05) is 41.3 Å². The van der Waals surface area contributed by atoms with E-state index in [1.807, 2.05) is 0 Å². The Morgan fingerprint density at radius 1 is 1.47 bits per heavy atom. The van der Waals surface area contributed by atoms with Gasteiger partial charge in [0.2, 0.25) is 0 Å². The van der Waals surface area contributed by atoms with Crippen molar-refractivity contribution in [3.8, 4) is 0 Å². The van der Waals surface area contributed by atoms with Crippen LogP contribution in [0.3, 0.4) is 0 Å². The van der Waals surface area contributed by atoms with Crippen molar-refractivity contribution >= 4 is 21.6 Å². The van der Waals surface area contributed by atoms with Crippen molar-refractivity contribution in [3.63, 3.8) is 0 Å². The maximum atomic E-state index is 3.55. The Labute approximate surface area is 100 Å². The van der Waals surface area contributed by atoms with Gasteiger partial charge >= 0.3 is 0 Å². The van der Waals surface area contributed by atoms with Crippen molar-refractivity contribution in [1.29, 1.82) is 0 Å². The molecule has 0 spiro atoms. The second kappa shape index (κ2) is 5.02. The summed E-state index contributed by atoms with van der Waals surface area (Å²) in [6, 6.07) is 8.98. The molecule has 1 aromatic carbocycles. The van der Waals surface area contributed by atoms with E-state index < -0.39 is 0 Å². The van der Waals surface area contributed by atoms with Crippen molar-refractivity contribution in [2.75, 3.05) is 5.32 Å². The Morgan fingerprint density at radius 2 is 2.27 bits per heavy atom. The van der Waals surface area contributed by atoms with Crippen LogP contribution in [0, 0.1) is 5.92 Å². The lowest BCUT2D eigenvalue weighted by Crippen LogP contribution is -2.23. The monoisotopic (exact) mass is 267 g/mol. The summed E-state index contributed by atoms with van der Waals surface area (Å²) >= 11 is 3.49. The minimum atomic E-state index is 0.588. The lowest BCUT2D eigenvalue weighted by Gasteiger charge is -2.28. The molecule has 1 N–H and O–H groups in total. The Morgan fingerprint density at radius 3 is 2.87 bits per heavy atom. The third-order valence-electron chi connectivity index (χ3n) is 3.15. The molecule has 0 amide bonds. The van der Waals surface area contributed by atoms with Crippen LogP contribution in [0.1, 0.15) is 32.6 Å².